The number of hydrogen-bond donors (Lipinski definition) is 1. The smallest absolute Gasteiger partial charge is 0.351 e. The van der Waals surface area contributed by atoms with Crippen LogP contribution in [0.2, 0.25) is 5.15 Å². The van der Waals surface area contributed by atoms with Crippen LogP contribution in [0.4, 0.5) is 13.2 Å². The minimum absolute atomic E-state index is 0.186. The number of piperidine rings is 1. The fraction of sp³-hybridized carbons (Fsp3) is 0.333. The number of aromatic nitrogens is 1. The van der Waals surface area contributed by atoms with Gasteiger partial charge in [-0.25, -0.2) is 4.98 Å². The third-order valence-electron chi connectivity index (χ3n) is 6.77. The van der Waals surface area contributed by atoms with E-state index in [1.165, 1.54) is 11.8 Å². The van der Waals surface area contributed by atoms with Crippen molar-refractivity contribution >= 4 is 17.5 Å². The van der Waals surface area contributed by atoms with Crippen LogP contribution in [-0.2, 0) is 18.0 Å². The average molecular weight is 502 g/mol. The van der Waals surface area contributed by atoms with Gasteiger partial charge in [-0.1, -0.05) is 54.1 Å². The molecule has 3 aromatic rings. The van der Waals surface area contributed by atoms with Crippen molar-refractivity contribution in [1.82, 2.24) is 15.2 Å². The Bertz CT molecular complexity index is 1130. The van der Waals surface area contributed by atoms with Crippen molar-refractivity contribution in [3.8, 4) is 0 Å². The molecule has 1 aliphatic rings. The molecular formula is C27H27ClF3N3O. The van der Waals surface area contributed by atoms with E-state index in [4.69, 9.17) is 11.6 Å². The molecule has 0 radical (unpaired) electrons. The lowest BCUT2D eigenvalue weighted by atomic mass is 9.72. The van der Waals surface area contributed by atoms with Crippen LogP contribution in [0.5, 0.6) is 0 Å². The van der Waals surface area contributed by atoms with E-state index in [9.17, 15) is 18.0 Å². The number of halogens is 4. The summed E-state index contributed by atoms with van der Waals surface area (Å²) < 4.78 is 38.4. The first-order valence-corrected chi connectivity index (χ1v) is 12.0. The summed E-state index contributed by atoms with van der Waals surface area (Å²) in [5.41, 5.74) is 1.74. The standard InChI is InChI=1S/C27H27ClF3N3O/c28-24-18-21(10-14-32-24)25(35)33-19-26(22-4-2-1-3-5-22)12-16-34(17-13-26)15-11-20-6-8-23(9-7-20)27(29,30)31/h1-10,14,18H,11-13,15-17,19H2,(H,33,35). The molecule has 1 fully saturated rings. The Labute approximate surface area is 208 Å². The van der Waals surface area contributed by atoms with Crippen LogP contribution >= 0.6 is 11.6 Å². The molecule has 184 valence electrons. The van der Waals surface area contributed by atoms with Crippen LogP contribution < -0.4 is 5.32 Å². The van der Waals surface area contributed by atoms with Gasteiger partial charge in [0.05, 0.1) is 5.56 Å². The predicted molar refractivity (Wildman–Crippen MR) is 131 cm³/mol. The molecule has 1 aromatic heterocycles. The molecule has 1 amide bonds. The number of hydrogen-bond acceptors (Lipinski definition) is 3. The summed E-state index contributed by atoms with van der Waals surface area (Å²) in [4.78, 5) is 19.0. The van der Waals surface area contributed by atoms with E-state index >= 15 is 0 Å². The van der Waals surface area contributed by atoms with Crippen molar-refractivity contribution in [2.75, 3.05) is 26.2 Å². The van der Waals surface area contributed by atoms with Crippen molar-refractivity contribution in [3.63, 3.8) is 0 Å². The number of benzene rings is 2. The first-order chi connectivity index (χ1) is 16.7. The van der Waals surface area contributed by atoms with Gasteiger partial charge in [-0.05, 0) is 67.7 Å². The zero-order valence-electron chi connectivity index (χ0n) is 19.2. The molecule has 0 aliphatic carbocycles. The molecule has 1 N–H and O–H groups in total. The molecule has 2 aromatic carbocycles. The van der Waals surface area contributed by atoms with Crippen LogP contribution in [-0.4, -0.2) is 42.0 Å². The molecule has 35 heavy (non-hydrogen) atoms. The normalized spacial score (nSPS) is 16.1. The molecular weight excluding hydrogens is 475 g/mol. The van der Waals surface area contributed by atoms with Crippen LogP contribution in [0.3, 0.4) is 0 Å². The van der Waals surface area contributed by atoms with Gasteiger partial charge in [0.15, 0.2) is 0 Å². The number of nitrogens with one attached hydrogen (secondary N) is 1. The molecule has 0 unspecified atom stereocenters. The summed E-state index contributed by atoms with van der Waals surface area (Å²) in [7, 11) is 0. The van der Waals surface area contributed by atoms with E-state index in [1.807, 2.05) is 18.2 Å². The Morgan fingerprint density at radius 1 is 1.03 bits per heavy atom. The van der Waals surface area contributed by atoms with E-state index in [1.54, 1.807) is 24.3 Å². The van der Waals surface area contributed by atoms with E-state index in [2.05, 4.69) is 27.3 Å². The van der Waals surface area contributed by atoms with Gasteiger partial charge < -0.3 is 10.2 Å². The van der Waals surface area contributed by atoms with Gasteiger partial charge in [0.25, 0.3) is 5.91 Å². The topological polar surface area (TPSA) is 45.2 Å². The van der Waals surface area contributed by atoms with Gasteiger partial charge in [0.1, 0.15) is 5.15 Å². The monoisotopic (exact) mass is 501 g/mol. The van der Waals surface area contributed by atoms with Crippen molar-refractivity contribution in [1.29, 1.82) is 0 Å². The molecule has 0 saturated carbocycles. The van der Waals surface area contributed by atoms with Crippen molar-refractivity contribution in [2.45, 2.75) is 30.9 Å². The number of carbonyl (C=O) groups excluding carboxylic acids is 1. The zero-order valence-corrected chi connectivity index (χ0v) is 19.9. The number of amides is 1. The molecule has 2 heterocycles. The molecule has 4 rings (SSSR count). The first-order valence-electron chi connectivity index (χ1n) is 11.6. The Morgan fingerprint density at radius 3 is 2.34 bits per heavy atom. The van der Waals surface area contributed by atoms with Crippen LogP contribution in [0.1, 0.15) is 39.9 Å². The minimum atomic E-state index is -4.31. The van der Waals surface area contributed by atoms with Crippen LogP contribution in [0.15, 0.2) is 72.9 Å². The maximum absolute atomic E-state index is 12.8. The lowest BCUT2D eigenvalue weighted by Crippen LogP contribution is -2.49. The summed E-state index contributed by atoms with van der Waals surface area (Å²) in [6.45, 7) is 2.96. The third-order valence-corrected chi connectivity index (χ3v) is 6.98. The average Bonchev–Trinajstić information content (AvgIpc) is 2.87. The number of pyridine rings is 1. The summed E-state index contributed by atoms with van der Waals surface area (Å²) >= 11 is 5.93. The Morgan fingerprint density at radius 2 is 1.71 bits per heavy atom. The summed E-state index contributed by atoms with van der Waals surface area (Å²) in [5.74, 6) is -0.186. The first kappa shape index (κ1) is 25.2. The molecule has 0 bridgehead atoms. The zero-order chi connectivity index (χ0) is 24.9. The molecule has 0 atom stereocenters. The Hall–Kier alpha value is -2.90. The SMILES string of the molecule is O=C(NCC1(c2ccccc2)CCN(CCc2ccc(C(F)(F)F)cc2)CC1)c1ccnc(Cl)c1. The van der Waals surface area contributed by atoms with Gasteiger partial charge in [-0.15, -0.1) is 0 Å². The van der Waals surface area contributed by atoms with Gasteiger partial charge >= 0.3 is 6.18 Å². The maximum Gasteiger partial charge on any atom is 0.416 e. The number of nitrogens with zero attached hydrogens (tertiary/aromatic N) is 2. The third kappa shape index (κ3) is 6.41. The van der Waals surface area contributed by atoms with Crippen molar-refractivity contribution < 1.29 is 18.0 Å². The highest BCUT2D eigenvalue weighted by Gasteiger charge is 2.36. The second kappa shape index (κ2) is 10.8. The molecule has 8 heteroatoms. The van der Waals surface area contributed by atoms with Crippen molar-refractivity contribution in [3.05, 3.63) is 100 Å². The highest BCUT2D eigenvalue weighted by molar-refractivity contribution is 6.29. The van der Waals surface area contributed by atoms with E-state index in [-0.39, 0.29) is 16.5 Å². The van der Waals surface area contributed by atoms with Gasteiger partial charge in [-0.3, -0.25) is 4.79 Å². The van der Waals surface area contributed by atoms with Crippen LogP contribution in [0, 0.1) is 0 Å². The Kier molecular flexibility index (Phi) is 7.77. The highest BCUT2D eigenvalue weighted by Crippen LogP contribution is 2.35. The second-order valence-electron chi connectivity index (χ2n) is 8.98. The lowest BCUT2D eigenvalue weighted by molar-refractivity contribution is -0.137. The number of alkyl halides is 3. The quantitative estimate of drug-likeness (QED) is 0.419. The maximum atomic E-state index is 12.8. The largest absolute Gasteiger partial charge is 0.416 e. The number of carbonyl (C=O) groups is 1. The molecule has 1 aliphatic heterocycles. The molecule has 0 spiro atoms. The fourth-order valence-electron chi connectivity index (χ4n) is 4.61. The van der Waals surface area contributed by atoms with Gasteiger partial charge in [-0.2, -0.15) is 13.2 Å². The number of likely N-dealkylation sites (tertiary alicyclic amines) is 1. The summed E-state index contributed by atoms with van der Waals surface area (Å²) in [6.07, 6.45) is -0.385. The van der Waals surface area contributed by atoms with Gasteiger partial charge in [0, 0.05) is 30.3 Å². The molecule has 4 nitrogen and oxygen atoms in total. The van der Waals surface area contributed by atoms with Gasteiger partial charge in [0.2, 0.25) is 0 Å². The fourth-order valence-corrected chi connectivity index (χ4v) is 4.78. The summed E-state index contributed by atoms with van der Waals surface area (Å²) in [5, 5.41) is 3.36. The lowest BCUT2D eigenvalue weighted by Gasteiger charge is -2.42. The van der Waals surface area contributed by atoms with E-state index < -0.39 is 11.7 Å². The van der Waals surface area contributed by atoms with Crippen molar-refractivity contribution in [2.24, 2.45) is 0 Å². The Balaban J connectivity index is 1.38. The van der Waals surface area contributed by atoms with E-state index in [0.29, 0.717) is 18.5 Å². The minimum Gasteiger partial charge on any atom is -0.351 e. The predicted octanol–water partition coefficient (Wildman–Crippen LogP) is 5.76. The summed E-state index contributed by atoms with van der Waals surface area (Å²) in [6, 6.07) is 18.8. The molecule has 1 saturated heterocycles. The van der Waals surface area contributed by atoms with E-state index in [0.717, 1.165) is 50.2 Å². The second-order valence-corrected chi connectivity index (χ2v) is 9.37. The highest BCUT2D eigenvalue weighted by atomic mass is 35.5. The number of rotatable bonds is 7. The van der Waals surface area contributed by atoms with Crippen LogP contribution in [0.25, 0.3) is 0 Å².